The number of benzene rings is 2. The molecule has 1 amide bonds. The summed E-state index contributed by atoms with van der Waals surface area (Å²) in [6.45, 7) is 0.228. The van der Waals surface area contributed by atoms with Gasteiger partial charge in [0.05, 0.1) is 17.8 Å². The zero-order chi connectivity index (χ0) is 18.2. The van der Waals surface area contributed by atoms with Crippen LogP contribution in [0.5, 0.6) is 5.75 Å². The van der Waals surface area contributed by atoms with E-state index in [9.17, 15) is 4.79 Å². The number of para-hydroxylation sites is 1. The Balaban J connectivity index is 1.52. The van der Waals surface area contributed by atoms with Crippen LogP contribution < -0.4 is 10.2 Å². The van der Waals surface area contributed by atoms with E-state index in [1.54, 1.807) is 36.4 Å². The molecule has 1 heterocycles. The van der Waals surface area contributed by atoms with E-state index in [1.807, 2.05) is 36.4 Å². The molecule has 0 fully saturated rings. The number of nitriles is 1. The Morgan fingerprint density at radius 1 is 1.12 bits per heavy atom. The summed E-state index contributed by atoms with van der Waals surface area (Å²) in [5, 5.41) is 12.6. The van der Waals surface area contributed by atoms with Crippen LogP contribution in [0.1, 0.15) is 27.4 Å². The molecular formula is C20H15N3O3. The first-order valence-electron chi connectivity index (χ1n) is 7.85. The van der Waals surface area contributed by atoms with Gasteiger partial charge in [-0.15, -0.1) is 0 Å². The number of carbonyl (C=O) groups excluding carboxylic acids is 1. The average molecular weight is 345 g/mol. The van der Waals surface area contributed by atoms with Crippen LogP contribution in [0, 0.1) is 11.3 Å². The van der Waals surface area contributed by atoms with Crippen LogP contribution in [0.3, 0.4) is 0 Å². The third-order valence-electron chi connectivity index (χ3n) is 3.43. The number of hydrogen-bond acceptors (Lipinski definition) is 5. The molecule has 0 atom stereocenters. The van der Waals surface area contributed by atoms with Crippen LogP contribution >= 0.6 is 0 Å². The lowest BCUT2D eigenvalue weighted by Gasteiger charge is -2.03. The van der Waals surface area contributed by atoms with Gasteiger partial charge in [0.2, 0.25) is 0 Å². The lowest BCUT2D eigenvalue weighted by molar-refractivity contribution is 0.0923. The van der Waals surface area contributed by atoms with Crippen LogP contribution in [0.2, 0.25) is 0 Å². The number of hydrazone groups is 1. The van der Waals surface area contributed by atoms with Crippen LogP contribution in [0.15, 0.2) is 76.2 Å². The molecule has 0 radical (unpaired) electrons. The average Bonchev–Trinajstić information content (AvgIpc) is 3.17. The van der Waals surface area contributed by atoms with E-state index in [0.29, 0.717) is 11.3 Å². The van der Waals surface area contributed by atoms with Gasteiger partial charge in [0, 0.05) is 0 Å². The largest absolute Gasteiger partial charge is 0.486 e. The second kappa shape index (κ2) is 8.31. The van der Waals surface area contributed by atoms with E-state index >= 15 is 0 Å². The van der Waals surface area contributed by atoms with E-state index in [2.05, 4.69) is 10.5 Å². The van der Waals surface area contributed by atoms with Gasteiger partial charge in [0.25, 0.3) is 0 Å². The Labute approximate surface area is 150 Å². The molecule has 3 aromatic rings. The Morgan fingerprint density at radius 3 is 2.62 bits per heavy atom. The molecule has 0 spiro atoms. The fraction of sp³-hybridized carbons (Fsp3) is 0.0500. The van der Waals surface area contributed by atoms with E-state index in [0.717, 1.165) is 11.3 Å². The summed E-state index contributed by atoms with van der Waals surface area (Å²) in [6.07, 6.45) is 1.49. The molecule has 3 rings (SSSR count). The van der Waals surface area contributed by atoms with E-state index in [-0.39, 0.29) is 12.4 Å². The molecule has 0 unspecified atom stereocenters. The number of nitrogens with one attached hydrogen (secondary N) is 1. The Morgan fingerprint density at radius 2 is 1.88 bits per heavy atom. The van der Waals surface area contributed by atoms with Gasteiger partial charge in [-0.25, -0.2) is 5.43 Å². The Hall–Kier alpha value is -3.85. The summed E-state index contributed by atoms with van der Waals surface area (Å²) < 4.78 is 11.0. The molecule has 0 aliphatic carbocycles. The number of rotatable bonds is 6. The first-order chi connectivity index (χ1) is 12.7. The lowest BCUT2D eigenvalue weighted by atomic mass is 10.2. The maximum absolute atomic E-state index is 12.0. The predicted molar refractivity (Wildman–Crippen MR) is 95.7 cm³/mol. The number of carbonyl (C=O) groups is 1. The summed E-state index contributed by atoms with van der Waals surface area (Å²) in [6, 6.07) is 21.4. The van der Waals surface area contributed by atoms with Gasteiger partial charge in [0.15, 0.2) is 5.76 Å². The van der Waals surface area contributed by atoms with Crippen LogP contribution in [0.25, 0.3) is 0 Å². The number of furan rings is 1. The molecule has 128 valence electrons. The molecule has 1 N–H and O–H groups in total. The molecule has 0 saturated heterocycles. The fourth-order valence-electron chi connectivity index (χ4n) is 2.11. The quantitative estimate of drug-likeness (QED) is 0.547. The monoisotopic (exact) mass is 345 g/mol. The number of nitrogens with zero attached hydrogens (tertiary/aromatic N) is 2. The van der Waals surface area contributed by atoms with Crippen molar-refractivity contribution in [2.75, 3.05) is 0 Å². The summed E-state index contributed by atoms with van der Waals surface area (Å²) in [5.41, 5.74) is 3.72. The molecule has 0 saturated carbocycles. The van der Waals surface area contributed by atoms with Gasteiger partial charge in [0.1, 0.15) is 18.1 Å². The van der Waals surface area contributed by atoms with Crippen LogP contribution in [0.4, 0.5) is 0 Å². The van der Waals surface area contributed by atoms with Crippen molar-refractivity contribution in [3.05, 3.63) is 89.4 Å². The maximum Gasteiger partial charge on any atom is 0.307 e. The standard InChI is InChI=1S/C20H15N3O3/c21-12-15-6-8-16(9-7-15)13-22-23-20(24)19-11-10-18(26-19)14-25-17-4-2-1-3-5-17/h1-11,13H,14H2,(H,23,24)/b22-13-. The zero-order valence-electron chi connectivity index (χ0n) is 13.8. The van der Waals surface area contributed by atoms with E-state index in [1.165, 1.54) is 6.21 Å². The van der Waals surface area contributed by atoms with Gasteiger partial charge in [-0.1, -0.05) is 30.3 Å². The van der Waals surface area contributed by atoms with Gasteiger partial charge in [-0.2, -0.15) is 10.4 Å². The second-order valence-electron chi connectivity index (χ2n) is 5.30. The normalized spacial score (nSPS) is 10.4. The highest BCUT2D eigenvalue weighted by Gasteiger charge is 2.10. The van der Waals surface area contributed by atoms with Crippen molar-refractivity contribution >= 4 is 12.1 Å². The first kappa shape index (κ1) is 17.0. The number of ether oxygens (including phenoxy) is 1. The molecule has 2 aromatic carbocycles. The highest BCUT2D eigenvalue weighted by atomic mass is 16.5. The van der Waals surface area contributed by atoms with Gasteiger partial charge in [-0.05, 0) is 42.0 Å². The fourth-order valence-corrected chi connectivity index (χ4v) is 2.11. The van der Waals surface area contributed by atoms with Crippen molar-refractivity contribution in [1.29, 1.82) is 5.26 Å². The van der Waals surface area contributed by atoms with Crippen LogP contribution in [-0.4, -0.2) is 12.1 Å². The lowest BCUT2D eigenvalue weighted by Crippen LogP contribution is -2.16. The molecule has 0 aliphatic heterocycles. The summed E-state index contributed by atoms with van der Waals surface area (Å²) in [4.78, 5) is 12.0. The Bertz CT molecular complexity index is 938. The van der Waals surface area contributed by atoms with Crippen molar-refractivity contribution in [1.82, 2.24) is 5.43 Å². The number of amides is 1. The topological polar surface area (TPSA) is 87.6 Å². The molecule has 6 heteroatoms. The first-order valence-corrected chi connectivity index (χ1v) is 7.85. The zero-order valence-corrected chi connectivity index (χ0v) is 13.8. The van der Waals surface area contributed by atoms with Crippen molar-refractivity contribution < 1.29 is 13.9 Å². The van der Waals surface area contributed by atoms with Gasteiger partial charge < -0.3 is 9.15 Å². The van der Waals surface area contributed by atoms with E-state index < -0.39 is 5.91 Å². The van der Waals surface area contributed by atoms with E-state index in [4.69, 9.17) is 14.4 Å². The molecule has 1 aromatic heterocycles. The van der Waals surface area contributed by atoms with Crippen molar-refractivity contribution in [3.8, 4) is 11.8 Å². The predicted octanol–water partition coefficient (Wildman–Crippen LogP) is 3.49. The van der Waals surface area contributed by atoms with Gasteiger partial charge in [-0.3, -0.25) is 4.79 Å². The Kier molecular flexibility index (Phi) is 5.43. The molecule has 6 nitrogen and oxygen atoms in total. The third-order valence-corrected chi connectivity index (χ3v) is 3.43. The highest BCUT2D eigenvalue weighted by molar-refractivity contribution is 5.92. The highest BCUT2D eigenvalue weighted by Crippen LogP contribution is 2.14. The minimum atomic E-state index is -0.458. The minimum absolute atomic E-state index is 0.147. The van der Waals surface area contributed by atoms with Crippen LogP contribution in [-0.2, 0) is 6.61 Å². The molecular weight excluding hydrogens is 330 g/mol. The smallest absolute Gasteiger partial charge is 0.307 e. The summed E-state index contributed by atoms with van der Waals surface area (Å²) >= 11 is 0. The summed E-state index contributed by atoms with van der Waals surface area (Å²) in [5.74, 6) is 0.950. The van der Waals surface area contributed by atoms with Gasteiger partial charge >= 0.3 is 5.91 Å². The molecule has 0 aliphatic rings. The third kappa shape index (κ3) is 4.58. The minimum Gasteiger partial charge on any atom is -0.486 e. The second-order valence-corrected chi connectivity index (χ2v) is 5.30. The van der Waals surface area contributed by atoms with Crippen molar-refractivity contribution in [2.24, 2.45) is 5.10 Å². The number of hydrogen-bond donors (Lipinski definition) is 1. The van der Waals surface area contributed by atoms with Crippen molar-refractivity contribution in [2.45, 2.75) is 6.61 Å². The summed E-state index contributed by atoms with van der Waals surface area (Å²) in [7, 11) is 0. The SMILES string of the molecule is N#Cc1ccc(/C=N\NC(=O)c2ccc(COc3ccccc3)o2)cc1. The maximum atomic E-state index is 12.0. The van der Waals surface area contributed by atoms with Crippen molar-refractivity contribution in [3.63, 3.8) is 0 Å². The molecule has 0 bridgehead atoms. The molecule has 26 heavy (non-hydrogen) atoms.